The number of hydrogen-bond acceptors (Lipinski definition) is 3. The van der Waals surface area contributed by atoms with Crippen LogP contribution >= 0.6 is 11.3 Å². The van der Waals surface area contributed by atoms with Crippen molar-refractivity contribution in [1.29, 1.82) is 0 Å². The zero-order valence-electron chi connectivity index (χ0n) is 32.8. The van der Waals surface area contributed by atoms with Crippen LogP contribution in [0.25, 0.3) is 120 Å². The first-order valence-electron chi connectivity index (χ1n) is 20.6. The molecule has 0 amide bonds. The maximum absolute atomic E-state index is 5.50. The Bertz CT molecular complexity index is 3870. The molecule has 4 nitrogen and oxygen atoms in total. The standard InChI is InChI=1S/C56H34N4S/c1-3-15-36(16-4-1)54-55-48(34-53(61-55)45-24-13-19-35-14-9-10-22-42(35)45)57-56(58-54)60-50-29-27-39(31-46(50)47-30-37-17-7-8-18-38(37)32-52(47)60)40-26-28-44-43-23-11-12-25-49(43)59(51(44)33-40)41-20-5-2-6-21-41/h1-34H. The van der Waals surface area contributed by atoms with Crippen LogP contribution in [0.4, 0.5) is 0 Å². The number of fused-ring (bicyclic) bond motifs is 9. The third kappa shape index (κ3) is 5.31. The quantitative estimate of drug-likeness (QED) is 0.174. The third-order valence-corrected chi connectivity index (χ3v) is 13.5. The average Bonchev–Trinajstić information content (AvgIpc) is 4.00. The second-order valence-corrected chi connectivity index (χ2v) is 16.8. The fourth-order valence-corrected chi connectivity index (χ4v) is 10.6. The Kier molecular flexibility index (Phi) is 7.44. The minimum absolute atomic E-state index is 0.658. The van der Waals surface area contributed by atoms with Crippen molar-refractivity contribution in [2.24, 2.45) is 0 Å². The molecule has 0 saturated heterocycles. The maximum Gasteiger partial charge on any atom is 0.235 e. The molecule has 284 valence electrons. The smallest absolute Gasteiger partial charge is 0.235 e. The van der Waals surface area contributed by atoms with E-state index in [0.29, 0.717) is 5.95 Å². The van der Waals surface area contributed by atoms with Crippen molar-refractivity contribution in [1.82, 2.24) is 19.1 Å². The van der Waals surface area contributed by atoms with Crippen molar-refractivity contribution in [3.8, 4) is 44.5 Å². The molecule has 0 radical (unpaired) electrons. The van der Waals surface area contributed by atoms with Gasteiger partial charge >= 0.3 is 0 Å². The van der Waals surface area contributed by atoms with Crippen molar-refractivity contribution in [2.75, 3.05) is 0 Å². The minimum atomic E-state index is 0.658. The van der Waals surface area contributed by atoms with Crippen LogP contribution in [0.2, 0.25) is 0 Å². The van der Waals surface area contributed by atoms with E-state index < -0.39 is 0 Å². The molecule has 0 bridgehead atoms. The summed E-state index contributed by atoms with van der Waals surface area (Å²) in [6.07, 6.45) is 0. The van der Waals surface area contributed by atoms with Crippen LogP contribution < -0.4 is 0 Å². The first kappa shape index (κ1) is 34.0. The van der Waals surface area contributed by atoms with E-state index in [-0.39, 0.29) is 0 Å². The van der Waals surface area contributed by atoms with E-state index in [1.54, 1.807) is 11.3 Å². The molecular weight excluding hydrogens is 761 g/mol. The Hall–Kier alpha value is -7.86. The molecule has 0 N–H and O–H groups in total. The molecule has 0 aliphatic rings. The highest BCUT2D eigenvalue weighted by molar-refractivity contribution is 7.22. The highest BCUT2D eigenvalue weighted by Crippen LogP contribution is 2.43. The Morgan fingerprint density at radius 1 is 0.361 bits per heavy atom. The fraction of sp³-hybridized carbons (Fsp3) is 0. The molecule has 4 heterocycles. The predicted molar refractivity (Wildman–Crippen MR) is 257 cm³/mol. The molecule has 13 rings (SSSR count). The molecule has 13 aromatic rings. The van der Waals surface area contributed by atoms with Crippen LogP contribution in [0, 0.1) is 0 Å². The van der Waals surface area contributed by atoms with Gasteiger partial charge in [0.2, 0.25) is 5.95 Å². The van der Waals surface area contributed by atoms with Crippen LogP contribution in [0.1, 0.15) is 0 Å². The van der Waals surface area contributed by atoms with Gasteiger partial charge in [0.25, 0.3) is 0 Å². The van der Waals surface area contributed by atoms with E-state index in [1.165, 1.54) is 64.7 Å². The Balaban J connectivity index is 1.05. The number of thiophene rings is 1. The third-order valence-electron chi connectivity index (χ3n) is 12.3. The highest BCUT2D eigenvalue weighted by atomic mass is 32.1. The first-order chi connectivity index (χ1) is 30.2. The van der Waals surface area contributed by atoms with E-state index in [1.807, 2.05) is 0 Å². The van der Waals surface area contributed by atoms with Crippen molar-refractivity contribution in [2.45, 2.75) is 0 Å². The predicted octanol–water partition coefficient (Wildman–Crippen LogP) is 15.2. The number of benzene rings is 9. The van der Waals surface area contributed by atoms with Crippen LogP contribution in [0.15, 0.2) is 206 Å². The van der Waals surface area contributed by atoms with Crippen LogP contribution in [0.5, 0.6) is 0 Å². The summed E-state index contributed by atoms with van der Waals surface area (Å²) in [6, 6.07) is 74.4. The number of nitrogens with zero attached hydrogens (tertiary/aromatic N) is 4. The largest absolute Gasteiger partial charge is 0.309 e. The van der Waals surface area contributed by atoms with Gasteiger partial charge in [-0.15, -0.1) is 11.3 Å². The lowest BCUT2D eigenvalue weighted by Gasteiger charge is -2.11. The van der Waals surface area contributed by atoms with Crippen molar-refractivity contribution in [3.05, 3.63) is 206 Å². The van der Waals surface area contributed by atoms with Crippen molar-refractivity contribution < 1.29 is 0 Å². The molecule has 0 atom stereocenters. The van der Waals surface area contributed by atoms with Gasteiger partial charge in [0.15, 0.2) is 0 Å². The summed E-state index contributed by atoms with van der Waals surface area (Å²) in [7, 11) is 0. The number of hydrogen-bond donors (Lipinski definition) is 0. The van der Waals surface area contributed by atoms with E-state index in [4.69, 9.17) is 9.97 Å². The summed E-state index contributed by atoms with van der Waals surface area (Å²) in [5.74, 6) is 0.658. The average molecular weight is 795 g/mol. The van der Waals surface area contributed by atoms with Crippen molar-refractivity contribution in [3.63, 3.8) is 0 Å². The topological polar surface area (TPSA) is 35.6 Å². The lowest BCUT2D eigenvalue weighted by Crippen LogP contribution is -2.02. The number of aromatic nitrogens is 4. The van der Waals surface area contributed by atoms with Crippen LogP contribution in [-0.2, 0) is 0 Å². The zero-order chi connectivity index (χ0) is 40.0. The van der Waals surface area contributed by atoms with Gasteiger partial charge < -0.3 is 4.57 Å². The molecule has 4 aromatic heterocycles. The van der Waals surface area contributed by atoms with Gasteiger partial charge in [-0.3, -0.25) is 4.57 Å². The molecule has 0 aliphatic carbocycles. The molecule has 0 fully saturated rings. The Labute approximate surface area is 354 Å². The van der Waals surface area contributed by atoms with Gasteiger partial charge in [-0.25, -0.2) is 9.97 Å². The lowest BCUT2D eigenvalue weighted by molar-refractivity contribution is 1.02. The van der Waals surface area contributed by atoms with Crippen molar-refractivity contribution >= 4 is 86.7 Å². The summed E-state index contributed by atoms with van der Waals surface area (Å²) in [4.78, 5) is 12.1. The Morgan fingerprint density at radius 3 is 1.84 bits per heavy atom. The second kappa shape index (κ2) is 13.3. The zero-order valence-corrected chi connectivity index (χ0v) is 33.6. The lowest BCUT2D eigenvalue weighted by atomic mass is 10.0. The van der Waals surface area contributed by atoms with Crippen LogP contribution in [0.3, 0.4) is 0 Å². The van der Waals surface area contributed by atoms with E-state index >= 15 is 0 Å². The summed E-state index contributed by atoms with van der Waals surface area (Å²) >= 11 is 1.77. The minimum Gasteiger partial charge on any atom is -0.309 e. The van der Waals surface area contributed by atoms with E-state index in [2.05, 4.69) is 215 Å². The summed E-state index contributed by atoms with van der Waals surface area (Å²) in [5.41, 5.74) is 12.2. The molecule has 5 heteroatoms. The first-order valence-corrected chi connectivity index (χ1v) is 21.5. The van der Waals surface area contributed by atoms with Gasteiger partial charge in [0, 0.05) is 37.7 Å². The second-order valence-electron chi connectivity index (χ2n) is 15.8. The normalized spacial score (nSPS) is 11.9. The molecule has 0 unspecified atom stereocenters. The molecule has 9 aromatic carbocycles. The molecule has 0 aliphatic heterocycles. The van der Waals surface area contributed by atoms with Crippen LogP contribution in [-0.4, -0.2) is 19.1 Å². The highest BCUT2D eigenvalue weighted by Gasteiger charge is 2.21. The summed E-state index contributed by atoms with van der Waals surface area (Å²) in [5, 5.41) is 9.66. The van der Waals surface area contributed by atoms with Gasteiger partial charge in [-0.1, -0.05) is 152 Å². The summed E-state index contributed by atoms with van der Waals surface area (Å²) < 4.78 is 5.74. The van der Waals surface area contributed by atoms with E-state index in [9.17, 15) is 0 Å². The molecule has 61 heavy (non-hydrogen) atoms. The van der Waals surface area contributed by atoms with Gasteiger partial charge in [-0.05, 0) is 92.8 Å². The molecular formula is C56H34N4S. The Morgan fingerprint density at radius 2 is 0.984 bits per heavy atom. The monoisotopic (exact) mass is 794 g/mol. The number of rotatable bonds is 5. The maximum atomic E-state index is 5.50. The van der Waals surface area contributed by atoms with Gasteiger partial charge in [0.05, 0.1) is 38.0 Å². The van der Waals surface area contributed by atoms with E-state index in [0.717, 1.165) is 49.1 Å². The number of para-hydroxylation sites is 2. The summed E-state index contributed by atoms with van der Waals surface area (Å²) in [6.45, 7) is 0. The van der Waals surface area contributed by atoms with Gasteiger partial charge in [-0.2, -0.15) is 0 Å². The SMILES string of the molecule is c1ccc(-c2nc(-n3c4ccc(-c5ccc6c7ccccc7n(-c7ccccc7)c6c5)cc4c4cc5ccccc5cc43)nc3cc(-c4cccc5ccccc45)sc23)cc1. The molecule has 0 spiro atoms. The molecule has 0 saturated carbocycles. The van der Waals surface area contributed by atoms with Gasteiger partial charge in [0.1, 0.15) is 0 Å². The fourth-order valence-electron chi connectivity index (χ4n) is 9.49.